The smallest absolute Gasteiger partial charge is 0.364 e. The first-order chi connectivity index (χ1) is 13.9. The molecule has 0 saturated carbocycles. The molecular weight excluding hydrogens is 374 g/mol. The second-order valence-electron chi connectivity index (χ2n) is 7.18. The number of hydrogen-bond donors (Lipinski definition) is 1. The molecule has 29 heavy (non-hydrogen) atoms. The van der Waals surface area contributed by atoms with E-state index in [9.17, 15) is 14.4 Å². The molecule has 1 aliphatic heterocycles. The van der Waals surface area contributed by atoms with Crippen molar-refractivity contribution in [1.82, 2.24) is 14.1 Å². The van der Waals surface area contributed by atoms with Crippen LogP contribution in [0.15, 0.2) is 33.9 Å². The van der Waals surface area contributed by atoms with Crippen LogP contribution in [0.5, 0.6) is 0 Å². The summed E-state index contributed by atoms with van der Waals surface area (Å²) in [5.74, 6) is 0.137. The highest BCUT2D eigenvalue weighted by molar-refractivity contribution is 5.72. The molecule has 0 fully saturated rings. The highest BCUT2D eigenvalue weighted by Crippen LogP contribution is 2.26. The Kier molecular flexibility index (Phi) is 4.73. The number of rotatable bonds is 4. The van der Waals surface area contributed by atoms with Crippen LogP contribution in [0.2, 0.25) is 0 Å². The highest BCUT2D eigenvalue weighted by atomic mass is 16.5. The van der Waals surface area contributed by atoms with Gasteiger partial charge < -0.3 is 4.74 Å². The van der Waals surface area contributed by atoms with Crippen LogP contribution in [0, 0.1) is 6.92 Å². The lowest BCUT2D eigenvalue weighted by molar-refractivity contribution is -0.663. The lowest BCUT2D eigenvalue weighted by Crippen LogP contribution is -2.50. The average Bonchev–Trinajstić information content (AvgIpc) is 3.10. The van der Waals surface area contributed by atoms with Crippen molar-refractivity contribution in [2.75, 3.05) is 18.1 Å². The molecule has 152 valence electrons. The van der Waals surface area contributed by atoms with Gasteiger partial charge in [-0.2, -0.15) is 0 Å². The van der Waals surface area contributed by atoms with Gasteiger partial charge in [0.05, 0.1) is 19.7 Å². The number of carbonyl (C=O) groups excluding carboxylic acids is 1. The summed E-state index contributed by atoms with van der Waals surface area (Å²) in [4.78, 5) is 43.1. The monoisotopic (exact) mass is 398 g/mol. The number of fused-ring (bicyclic) bond motifs is 3. The molecule has 1 aliphatic rings. The van der Waals surface area contributed by atoms with E-state index in [1.807, 2.05) is 35.8 Å². The predicted molar refractivity (Wildman–Crippen MR) is 107 cm³/mol. The van der Waals surface area contributed by atoms with Crippen LogP contribution >= 0.6 is 0 Å². The number of H-pyrrole nitrogens is 1. The van der Waals surface area contributed by atoms with E-state index in [2.05, 4.69) is 9.88 Å². The Bertz CT molecular complexity index is 1200. The SMILES string of the molecule is CCOC(=O)Cn1c(=O)c2c([nH]c3[n+]2CCCN3c2ccc(C)cc2)n(C)c1=O. The molecule has 9 heteroatoms. The largest absolute Gasteiger partial charge is 0.465 e. The number of aromatic nitrogens is 4. The number of ether oxygens (including phenoxy) is 1. The van der Waals surface area contributed by atoms with Crippen LogP contribution in [0.1, 0.15) is 18.9 Å². The molecule has 3 heterocycles. The van der Waals surface area contributed by atoms with E-state index in [1.165, 1.54) is 10.1 Å². The molecule has 0 saturated heterocycles. The van der Waals surface area contributed by atoms with Crippen LogP contribution in [-0.2, 0) is 29.7 Å². The first kappa shape index (κ1) is 19.0. The normalized spacial score (nSPS) is 13.6. The maximum absolute atomic E-state index is 13.1. The fraction of sp³-hybridized carbons (Fsp3) is 0.400. The third kappa shape index (κ3) is 3.12. The molecule has 4 rings (SSSR count). The summed E-state index contributed by atoms with van der Waals surface area (Å²) < 4.78 is 9.11. The summed E-state index contributed by atoms with van der Waals surface area (Å²) in [6.45, 7) is 4.93. The molecule has 1 N–H and O–H groups in total. The average molecular weight is 398 g/mol. The second kappa shape index (κ2) is 7.23. The Morgan fingerprint density at radius 3 is 2.66 bits per heavy atom. The molecular formula is C20H24N5O4+. The number of carbonyl (C=O) groups is 1. The van der Waals surface area contributed by atoms with E-state index in [0.717, 1.165) is 29.2 Å². The molecule has 0 spiro atoms. The summed E-state index contributed by atoms with van der Waals surface area (Å²) in [5, 5.41) is 0. The fourth-order valence-electron chi connectivity index (χ4n) is 3.79. The third-order valence-electron chi connectivity index (χ3n) is 5.24. The molecule has 3 aromatic rings. The van der Waals surface area contributed by atoms with Gasteiger partial charge in [0.25, 0.3) is 5.56 Å². The van der Waals surface area contributed by atoms with Gasteiger partial charge in [-0.05, 0) is 26.0 Å². The van der Waals surface area contributed by atoms with E-state index in [4.69, 9.17) is 4.74 Å². The van der Waals surface area contributed by atoms with Crippen molar-refractivity contribution in [1.29, 1.82) is 0 Å². The molecule has 0 unspecified atom stereocenters. The minimum Gasteiger partial charge on any atom is -0.465 e. The topological polar surface area (TPSA) is 93.2 Å². The minimum absolute atomic E-state index is 0.190. The van der Waals surface area contributed by atoms with Crippen molar-refractivity contribution >= 4 is 28.8 Å². The lowest BCUT2D eigenvalue weighted by Gasteiger charge is -2.22. The summed E-state index contributed by atoms with van der Waals surface area (Å²) in [7, 11) is 1.59. The molecule has 1 aromatic carbocycles. The van der Waals surface area contributed by atoms with E-state index >= 15 is 0 Å². The van der Waals surface area contributed by atoms with Gasteiger partial charge in [0, 0.05) is 13.5 Å². The maximum Gasteiger partial charge on any atom is 0.364 e. The van der Waals surface area contributed by atoms with Crippen molar-refractivity contribution < 1.29 is 14.1 Å². The zero-order chi connectivity index (χ0) is 20.7. The van der Waals surface area contributed by atoms with Gasteiger partial charge in [0.1, 0.15) is 12.2 Å². The lowest BCUT2D eigenvalue weighted by atomic mass is 10.2. The van der Waals surface area contributed by atoms with Crippen LogP contribution in [0.25, 0.3) is 11.2 Å². The summed E-state index contributed by atoms with van der Waals surface area (Å²) >= 11 is 0. The Morgan fingerprint density at radius 1 is 1.24 bits per heavy atom. The van der Waals surface area contributed by atoms with E-state index in [-0.39, 0.29) is 6.61 Å². The molecule has 0 amide bonds. The maximum atomic E-state index is 13.1. The van der Waals surface area contributed by atoms with Crippen molar-refractivity contribution in [2.45, 2.75) is 33.4 Å². The van der Waals surface area contributed by atoms with Gasteiger partial charge in [0.2, 0.25) is 11.2 Å². The number of imidazole rings is 1. The number of benzene rings is 1. The summed E-state index contributed by atoms with van der Waals surface area (Å²) in [6, 6.07) is 8.15. The summed E-state index contributed by atoms with van der Waals surface area (Å²) in [5.41, 5.74) is 1.94. The fourth-order valence-corrected chi connectivity index (χ4v) is 3.79. The quantitative estimate of drug-likeness (QED) is 0.517. The molecule has 9 nitrogen and oxygen atoms in total. The molecule has 0 bridgehead atoms. The standard InChI is InChI=1S/C20H23N5O4/c1-4-29-15(26)12-25-18(27)16-17(22(3)20(25)28)21-19-23(10-5-11-24(16)19)14-8-6-13(2)7-9-14/h6-9H,4-5,10-12H2,1-3H3/p+1. The molecule has 0 aliphatic carbocycles. The van der Waals surface area contributed by atoms with Gasteiger partial charge >= 0.3 is 17.6 Å². The van der Waals surface area contributed by atoms with Crippen molar-refractivity contribution in [3.05, 3.63) is 50.7 Å². The van der Waals surface area contributed by atoms with Crippen molar-refractivity contribution in [3.63, 3.8) is 0 Å². The minimum atomic E-state index is -0.610. The number of aryl methyl sites for hydroxylation is 3. The van der Waals surface area contributed by atoms with Gasteiger partial charge in [-0.25, -0.2) is 23.8 Å². The van der Waals surface area contributed by atoms with Gasteiger partial charge in [-0.3, -0.25) is 14.2 Å². The van der Waals surface area contributed by atoms with Crippen LogP contribution < -0.4 is 20.7 Å². The molecule has 0 atom stereocenters. The second-order valence-corrected chi connectivity index (χ2v) is 7.18. The Morgan fingerprint density at radius 2 is 1.97 bits per heavy atom. The molecule has 2 aromatic heterocycles. The van der Waals surface area contributed by atoms with Gasteiger partial charge in [0.15, 0.2) is 0 Å². The van der Waals surface area contributed by atoms with Crippen molar-refractivity contribution in [3.8, 4) is 0 Å². The highest BCUT2D eigenvalue weighted by Gasteiger charge is 2.33. The number of hydrogen-bond acceptors (Lipinski definition) is 5. The number of esters is 1. The van der Waals surface area contributed by atoms with Gasteiger partial charge in [-0.1, -0.05) is 17.7 Å². The zero-order valence-corrected chi connectivity index (χ0v) is 16.8. The van der Waals surface area contributed by atoms with Gasteiger partial charge in [-0.15, -0.1) is 0 Å². The first-order valence-corrected chi connectivity index (χ1v) is 9.67. The zero-order valence-electron chi connectivity index (χ0n) is 16.8. The number of anilines is 2. The first-order valence-electron chi connectivity index (χ1n) is 9.67. The third-order valence-corrected chi connectivity index (χ3v) is 5.24. The van der Waals surface area contributed by atoms with E-state index < -0.39 is 23.8 Å². The van der Waals surface area contributed by atoms with Crippen LogP contribution in [-0.4, -0.2) is 33.2 Å². The van der Waals surface area contributed by atoms with E-state index in [1.54, 1.807) is 14.0 Å². The number of nitrogens with zero attached hydrogens (tertiary/aromatic N) is 4. The predicted octanol–water partition coefficient (Wildman–Crippen LogP) is 0.729. The Labute approximate surface area is 166 Å². The molecule has 0 radical (unpaired) electrons. The van der Waals surface area contributed by atoms with Crippen molar-refractivity contribution in [2.24, 2.45) is 7.05 Å². The van der Waals surface area contributed by atoms with E-state index in [0.29, 0.717) is 17.7 Å². The van der Waals surface area contributed by atoms with Crippen LogP contribution in [0.4, 0.5) is 11.6 Å². The number of nitrogens with one attached hydrogen (secondary N) is 1. The Balaban J connectivity index is 1.90. The van der Waals surface area contributed by atoms with Crippen LogP contribution in [0.3, 0.4) is 0 Å². The summed E-state index contributed by atoms with van der Waals surface area (Å²) in [6.07, 6.45) is 0.846. The number of aromatic amines is 1. The Hall–Kier alpha value is -3.36.